The maximum absolute atomic E-state index is 13.3. The molecule has 30 heavy (non-hydrogen) atoms. The maximum Gasteiger partial charge on any atom is 0.324 e. The molecule has 0 atom stereocenters. The van der Waals surface area contributed by atoms with Gasteiger partial charge in [0.15, 0.2) is 0 Å². The van der Waals surface area contributed by atoms with Gasteiger partial charge in [0.25, 0.3) is 0 Å². The number of piperidine rings is 1. The highest BCUT2D eigenvalue weighted by Crippen LogP contribution is 2.26. The second kappa shape index (κ2) is 9.09. The van der Waals surface area contributed by atoms with E-state index in [0.29, 0.717) is 11.5 Å². The lowest BCUT2D eigenvalue weighted by atomic mass is 10.0. The third-order valence-corrected chi connectivity index (χ3v) is 5.39. The van der Waals surface area contributed by atoms with Crippen LogP contribution in [0.4, 0.5) is 20.7 Å². The van der Waals surface area contributed by atoms with E-state index in [1.54, 1.807) is 24.4 Å². The minimum atomic E-state index is -0.417. The summed E-state index contributed by atoms with van der Waals surface area (Å²) in [4.78, 5) is 14.8. The van der Waals surface area contributed by atoms with Crippen molar-refractivity contribution in [2.45, 2.75) is 32.4 Å². The Morgan fingerprint density at radius 1 is 1.10 bits per heavy atom. The molecule has 1 aliphatic rings. The van der Waals surface area contributed by atoms with Gasteiger partial charge in [-0.05, 0) is 43.5 Å². The van der Waals surface area contributed by atoms with Gasteiger partial charge in [0.05, 0.1) is 12.2 Å². The molecule has 3 aromatic rings. The van der Waals surface area contributed by atoms with E-state index in [1.807, 2.05) is 4.68 Å². The van der Waals surface area contributed by atoms with Crippen LogP contribution in [0, 0.1) is 12.7 Å². The fourth-order valence-corrected chi connectivity index (χ4v) is 3.94. The number of hydrogen-bond donors (Lipinski definition) is 2. The minimum Gasteiger partial charge on any atom is -0.308 e. The first-order chi connectivity index (χ1) is 14.6. The van der Waals surface area contributed by atoms with Gasteiger partial charge in [0.2, 0.25) is 0 Å². The average Bonchev–Trinajstić information content (AvgIpc) is 3.16. The second-order valence-electron chi connectivity index (χ2n) is 7.75. The number of hydrogen-bond acceptors (Lipinski definition) is 3. The average molecular weight is 407 g/mol. The van der Waals surface area contributed by atoms with Crippen LogP contribution in [0.2, 0.25) is 0 Å². The lowest BCUT2D eigenvalue weighted by Gasteiger charge is -2.32. The van der Waals surface area contributed by atoms with Crippen LogP contribution < -0.4 is 10.6 Å². The third kappa shape index (κ3) is 5.04. The molecule has 156 valence electrons. The highest BCUT2D eigenvalue weighted by atomic mass is 19.1. The molecule has 7 heteroatoms. The summed E-state index contributed by atoms with van der Waals surface area (Å²) >= 11 is 0. The molecule has 2 N–H and O–H groups in total. The Hall–Kier alpha value is -3.19. The molecular formula is C23H26FN5O. The van der Waals surface area contributed by atoms with E-state index in [-0.39, 0.29) is 6.04 Å². The van der Waals surface area contributed by atoms with E-state index in [0.717, 1.165) is 32.5 Å². The van der Waals surface area contributed by atoms with Crippen molar-refractivity contribution in [2.75, 3.05) is 23.7 Å². The summed E-state index contributed by atoms with van der Waals surface area (Å²) in [6, 6.07) is 16.0. The van der Waals surface area contributed by atoms with E-state index in [4.69, 9.17) is 0 Å². The fraction of sp³-hybridized carbons (Fsp3) is 0.304. The highest BCUT2D eigenvalue weighted by Gasteiger charge is 2.23. The SMILES string of the molecule is Cc1cccc(CN2CCC(n3nccc3NC(=O)Nc3cccc(F)c3)CC2)c1. The molecule has 0 radical (unpaired) electrons. The molecule has 1 fully saturated rings. The summed E-state index contributed by atoms with van der Waals surface area (Å²) in [5.74, 6) is 0.247. The predicted molar refractivity (Wildman–Crippen MR) is 116 cm³/mol. The van der Waals surface area contributed by atoms with E-state index in [9.17, 15) is 9.18 Å². The van der Waals surface area contributed by atoms with Crippen LogP contribution in [0.1, 0.15) is 30.0 Å². The smallest absolute Gasteiger partial charge is 0.308 e. The van der Waals surface area contributed by atoms with E-state index >= 15 is 0 Å². The van der Waals surface area contributed by atoms with Gasteiger partial charge in [-0.1, -0.05) is 35.9 Å². The third-order valence-electron chi connectivity index (χ3n) is 5.39. The topological polar surface area (TPSA) is 62.2 Å². The number of rotatable bonds is 5. The first kappa shape index (κ1) is 20.1. The summed E-state index contributed by atoms with van der Waals surface area (Å²) < 4.78 is 15.2. The van der Waals surface area contributed by atoms with Crippen molar-refractivity contribution < 1.29 is 9.18 Å². The highest BCUT2D eigenvalue weighted by molar-refractivity contribution is 5.99. The molecule has 0 bridgehead atoms. The molecule has 0 saturated carbocycles. The van der Waals surface area contributed by atoms with Crippen LogP contribution >= 0.6 is 0 Å². The number of urea groups is 1. The van der Waals surface area contributed by atoms with Crippen molar-refractivity contribution in [3.63, 3.8) is 0 Å². The van der Waals surface area contributed by atoms with Gasteiger partial charge in [0, 0.05) is 31.4 Å². The van der Waals surface area contributed by atoms with Crippen LogP contribution in [0.25, 0.3) is 0 Å². The standard InChI is InChI=1S/C23H26FN5O/c1-17-4-2-5-18(14-17)16-28-12-9-21(10-13-28)29-22(8-11-25-29)27-23(30)26-20-7-3-6-19(24)15-20/h2-8,11,14-15,21H,9-10,12-13,16H2,1H3,(H2,26,27,30). The quantitative estimate of drug-likeness (QED) is 0.638. The monoisotopic (exact) mass is 407 g/mol. The van der Waals surface area contributed by atoms with Crippen LogP contribution in [0.15, 0.2) is 60.8 Å². The number of nitrogens with one attached hydrogen (secondary N) is 2. The largest absolute Gasteiger partial charge is 0.324 e. The zero-order valence-electron chi connectivity index (χ0n) is 17.0. The van der Waals surface area contributed by atoms with E-state index in [2.05, 4.69) is 51.8 Å². The Morgan fingerprint density at radius 2 is 1.90 bits per heavy atom. The number of likely N-dealkylation sites (tertiary alicyclic amines) is 1. The molecule has 6 nitrogen and oxygen atoms in total. The van der Waals surface area contributed by atoms with Crippen molar-refractivity contribution in [3.05, 3.63) is 77.7 Å². The number of benzene rings is 2. The van der Waals surface area contributed by atoms with E-state index in [1.165, 1.54) is 23.3 Å². The summed E-state index contributed by atoms with van der Waals surface area (Å²) in [7, 11) is 0. The van der Waals surface area contributed by atoms with Gasteiger partial charge in [0.1, 0.15) is 11.6 Å². The molecular weight excluding hydrogens is 381 g/mol. The summed E-state index contributed by atoms with van der Waals surface area (Å²) in [6.07, 6.45) is 3.62. The Labute approximate surface area is 175 Å². The number of amides is 2. The first-order valence-corrected chi connectivity index (χ1v) is 10.2. The molecule has 2 amide bonds. The molecule has 1 aromatic heterocycles. The Morgan fingerprint density at radius 3 is 2.67 bits per heavy atom. The lowest BCUT2D eigenvalue weighted by molar-refractivity contribution is 0.174. The zero-order valence-corrected chi connectivity index (χ0v) is 17.0. The van der Waals surface area contributed by atoms with Crippen LogP contribution in [-0.2, 0) is 6.54 Å². The lowest BCUT2D eigenvalue weighted by Crippen LogP contribution is -2.35. The maximum atomic E-state index is 13.3. The van der Waals surface area contributed by atoms with Gasteiger partial charge >= 0.3 is 6.03 Å². The summed E-state index contributed by atoms with van der Waals surface area (Å²) in [5, 5.41) is 9.91. The number of carbonyl (C=O) groups is 1. The van der Waals surface area contributed by atoms with Crippen molar-refractivity contribution in [3.8, 4) is 0 Å². The van der Waals surface area contributed by atoms with Gasteiger partial charge in [-0.25, -0.2) is 13.9 Å². The molecule has 2 aromatic carbocycles. The van der Waals surface area contributed by atoms with Gasteiger partial charge in [-0.2, -0.15) is 5.10 Å². The normalized spacial score (nSPS) is 15.1. The van der Waals surface area contributed by atoms with Crippen LogP contribution in [-0.4, -0.2) is 33.8 Å². The molecule has 0 unspecified atom stereocenters. The number of anilines is 2. The van der Waals surface area contributed by atoms with E-state index < -0.39 is 11.8 Å². The molecule has 0 aliphatic carbocycles. The molecule has 2 heterocycles. The van der Waals surface area contributed by atoms with Crippen molar-refractivity contribution in [1.82, 2.24) is 14.7 Å². The van der Waals surface area contributed by atoms with Crippen LogP contribution in [0.5, 0.6) is 0 Å². The summed E-state index contributed by atoms with van der Waals surface area (Å²) in [6.45, 7) is 5.03. The Kier molecular flexibility index (Phi) is 6.09. The number of carbonyl (C=O) groups excluding carboxylic acids is 1. The van der Waals surface area contributed by atoms with Gasteiger partial charge < -0.3 is 5.32 Å². The number of halogens is 1. The summed E-state index contributed by atoms with van der Waals surface area (Å²) in [5.41, 5.74) is 3.03. The fourth-order valence-electron chi connectivity index (χ4n) is 3.94. The second-order valence-corrected chi connectivity index (χ2v) is 7.75. The molecule has 4 rings (SSSR count). The molecule has 1 aliphatic heterocycles. The Balaban J connectivity index is 1.33. The molecule has 1 saturated heterocycles. The van der Waals surface area contributed by atoms with Crippen molar-refractivity contribution in [1.29, 1.82) is 0 Å². The first-order valence-electron chi connectivity index (χ1n) is 10.2. The minimum absolute atomic E-state index is 0.234. The van der Waals surface area contributed by atoms with Gasteiger partial charge in [-0.15, -0.1) is 0 Å². The van der Waals surface area contributed by atoms with Crippen LogP contribution in [0.3, 0.4) is 0 Å². The van der Waals surface area contributed by atoms with Crippen molar-refractivity contribution >= 4 is 17.5 Å². The predicted octanol–water partition coefficient (Wildman–Crippen LogP) is 4.81. The number of aromatic nitrogens is 2. The number of aryl methyl sites for hydroxylation is 1. The zero-order chi connectivity index (χ0) is 20.9. The Bertz CT molecular complexity index is 1010. The van der Waals surface area contributed by atoms with Crippen molar-refractivity contribution in [2.24, 2.45) is 0 Å². The molecule has 0 spiro atoms. The number of nitrogens with zero attached hydrogens (tertiary/aromatic N) is 3. The van der Waals surface area contributed by atoms with Gasteiger partial charge in [-0.3, -0.25) is 10.2 Å².